The van der Waals surface area contributed by atoms with Gasteiger partial charge in [0.05, 0.1) is 0 Å². The Kier molecular flexibility index (Phi) is 14.0. The van der Waals surface area contributed by atoms with Crippen LogP contribution in [0, 0.1) is 5.92 Å². The number of carboxylic acids is 1. The summed E-state index contributed by atoms with van der Waals surface area (Å²) >= 11 is 5.98. The monoisotopic (exact) mass is 551 g/mol. The lowest BCUT2D eigenvalue weighted by molar-refractivity contribution is -0.142. The predicted molar refractivity (Wildman–Crippen MR) is 146 cm³/mol. The van der Waals surface area contributed by atoms with Gasteiger partial charge in [0.1, 0.15) is 18.7 Å². The highest BCUT2D eigenvalue weighted by Gasteiger charge is 2.30. The fraction of sp³-hybridized carbons (Fsp3) is 0.643. The number of ether oxygens (including phenoxy) is 1. The van der Waals surface area contributed by atoms with Crippen molar-refractivity contribution < 1.29 is 29.0 Å². The van der Waals surface area contributed by atoms with Gasteiger partial charge in [0, 0.05) is 25.0 Å². The van der Waals surface area contributed by atoms with Crippen LogP contribution >= 0.6 is 11.6 Å². The van der Waals surface area contributed by atoms with Crippen LogP contribution in [0.5, 0.6) is 0 Å². The quantitative estimate of drug-likeness (QED) is 0.266. The lowest BCUT2D eigenvalue weighted by Crippen LogP contribution is -2.52. The third kappa shape index (κ3) is 11.7. The van der Waals surface area contributed by atoms with E-state index in [-0.39, 0.29) is 31.3 Å². The first-order chi connectivity index (χ1) is 18.2. The van der Waals surface area contributed by atoms with Crippen LogP contribution in [-0.4, -0.2) is 59.6 Å². The lowest BCUT2D eigenvalue weighted by Gasteiger charge is -2.27. The number of hydrogen-bond donors (Lipinski definition) is 3. The van der Waals surface area contributed by atoms with E-state index >= 15 is 0 Å². The minimum Gasteiger partial charge on any atom is -0.480 e. The highest BCUT2D eigenvalue weighted by molar-refractivity contribution is 6.30. The van der Waals surface area contributed by atoms with Gasteiger partial charge in [-0.15, -0.1) is 0 Å². The smallest absolute Gasteiger partial charge is 0.408 e. The molecule has 0 bridgehead atoms. The van der Waals surface area contributed by atoms with Crippen LogP contribution in [0.4, 0.5) is 4.79 Å². The van der Waals surface area contributed by atoms with Crippen molar-refractivity contribution in [3.8, 4) is 0 Å². The van der Waals surface area contributed by atoms with Crippen molar-refractivity contribution in [3.05, 3.63) is 34.9 Å². The fourth-order valence-corrected chi connectivity index (χ4v) is 4.87. The summed E-state index contributed by atoms with van der Waals surface area (Å²) in [6.07, 6.45) is 7.70. The second-order valence-electron chi connectivity index (χ2n) is 10.1. The number of alkyl carbamates (subject to hydrolysis) is 1. The summed E-state index contributed by atoms with van der Waals surface area (Å²) in [5, 5.41) is 15.4. The number of unbranched alkanes of at least 4 members (excludes halogenated alkanes) is 2. The summed E-state index contributed by atoms with van der Waals surface area (Å²) in [7, 11) is 1.70. The SMILES string of the molecule is CCCCCN(C)C(=O)CC[C@H](NC(=O)[C@H](CC1CCCCC1)NC(=O)OCc1cccc(Cl)c1)C(=O)O. The molecule has 3 amide bonds. The van der Waals surface area contributed by atoms with Crippen molar-refractivity contribution in [2.45, 2.75) is 96.2 Å². The zero-order valence-corrected chi connectivity index (χ0v) is 23.3. The molecule has 0 aromatic heterocycles. The second-order valence-corrected chi connectivity index (χ2v) is 10.5. The minimum atomic E-state index is -1.24. The molecule has 1 aliphatic rings. The van der Waals surface area contributed by atoms with E-state index in [2.05, 4.69) is 17.6 Å². The van der Waals surface area contributed by atoms with Gasteiger partial charge in [-0.25, -0.2) is 9.59 Å². The van der Waals surface area contributed by atoms with E-state index < -0.39 is 30.1 Å². The van der Waals surface area contributed by atoms with E-state index in [4.69, 9.17) is 16.3 Å². The Hall–Kier alpha value is -2.81. The number of carbonyl (C=O) groups excluding carboxylic acids is 3. The van der Waals surface area contributed by atoms with Crippen molar-refractivity contribution in [1.82, 2.24) is 15.5 Å². The van der Waals surface area contributed by atoms with Crippen LogP contribution in [0.15, 0.2) is 24.3 Å². The fourth-order valence-electron chi connectivity index (χ4n) is 4.66. The van der Waals surface area contributed by atoms with E-state index in [0.29, 0.717) is 23.6 Å². The standard InChI is InChI=1S/C28H42ClN3O6/c1-3-4-8-16-32(2)25(33)15-14-23(27(35)36)30-26(34)24(18-20-10-6-5-7-11-20)31-28(37)38-19-21-12-9-13-22(29)17-21/h9,12-13,17,20,23-24H,3-8,10-11,14-16,18-19H2,1-2H3,(H,30,34)(H,31,37)(H,35,36)/t23-,24-/m0/s1. The molecule has 0 radical (unpaired) electrons. The Labute approximate surface area is 230 Å². The summed E-state index contributed by atoms with van der Waals surface area (Å²) in [5.74, 6) is -1.73. The van der Waals surface area contributed by atoms with Crippen molar-refractivity contribution >= 4 is 35.5 Å². The van der Waals surface area contributed by atoms with Gasteiger partial charge < -0.3 is 25.4 Å². The summed E-state index contributed by atoms with van der Waals surface area (Å²) in [6, 6.07) is 4.73. The highest BCUT2D eigenvalue weighted by atomic mass is 35.5. The van der Waals surface area contributed by atoms with E-state index in [1.807, 2.05) is 0 Å². The summed E-state index contributed by atoms with van der Waals surface area (Å²) in [5.41, 5.74) is 0.705. The van der Waals surface area contributed by atoms with Gasteiger partial charge in [-0.05, 0) is 42.9 Å². The Balaban J connectivity index is 1.98. The number of nitrogens with zero attached hydrogens (tertiary/aromatic N) is 1. The van der Waals surface area contributed by atoms with Gasteiger partial charge in [-0.3, -0.25) is 9.59 Å². The number of aliphatic carboxylic acids is 1. The minimum absolute atomic E-state index is 0.00225. The molecular formula is C28H42ClN3O6. The van der Waals surface area contributed by atoms with Crippen molar-refractivity contribution in [2.75, 3.05) is 13.6 Å². The molecule has 1 saturated carbocycles. The zero-order chi connectivity index (χ0) is 27.9. The highest BCUT2D eigenvalue weighted by Crippen LogP contribution is 2.27. The molecule has 212 valence electrons. The van der Waals surface area contributed by atoms with Crippen molar-refractivity contribution in [2.24, 2.45) is 5.92 Å². The molecule has 2 rings (SSSR count). The number of hydrogen-bond acceptors (Lipinski definition) is 5. The number of nitrogens with one attached hydrogen (secondary N) is 2. The third-order valence-electron chi connectivity index (χ3n) is 6.95. The first kappa shape index (κ1) is 31.4. The van der Waals surface area contributed by atoms with Crippen LogP contribution in [0.2, 0.25) is 5.02 Å². The Morgan fingerprint density at radius 2 is 1.84 bits per heavy atom. The molecule has 2 atom stereocenters. The number of rotatable bonds is 15. The number of carboxylic acid groups (broad SMARTS) is 1. The predicted octanol–water partition coefficient (Wildman–Crippen LogP) is 4.90. The molecule has 0 unspecified atom stereocenters. The number of halogens is 1. The normalized spacial score (nSPS) is 15.2. The van der Waals surface area contributed by atoms with Crippen LogP contribution < -0.4 is 10.6 Å². The molecule has 9 nitrogen and oxygen atoms in total. The maximum absolute atomic E-state index is 13.2. The molecule has 0 spiro atoms. The van der Waals surface area contributed by atoms with Crippen molar-refractivity contribution in [3.63, 3.8) is 0 Å². The molecule has 38 heavy (non-hydrogen) atoms. The molecule has 3 N–H and O–H groups in total. The molecule has 0 heterocycles. The number of benzene rings is 1. The van der Waals surface area contributed by atoms with Crippen LogP contribution in [0.25, 0.3) is 0 Å². The lowest BCUT2D eigenvalue weighted by atomic mass is 9.84. The maximum Gasteiger partial charge on any atom is 0.408 e. The molecule has 1 aromatic rings. The van der Waals surface area contributed by atoms with Gasteiger partial charge in [-0.2, -0.15) is 0 Å². The number of amides is 3. The van der Waals surface area contributed by atoms with Gasteiger partial charge in [0.25, 0.3) is 0 Å². The first-order valence-electron chi connectivity index (χ1n) is 13.6. The van der Waals surface area contributed by atoms with E-state index in [0.717, 1.165) is 51.4 Å². The largest absolute Gasteiger partial charge is 0.480 e. The van der Waals surface area contributed by atoms with Crippen molar-refractivity contribution in [1.29, 1.82) is 0 Å². The Morgan fingerprint density at radius 1 is 1.11 bits per heavy atom. The molecule has 1 aliphatic carbocycles. The van der Waals surface area contributed by atoms with Crippen LogP contribution in [0.1, 0.15) is 83.1 Å². The summed E-state index contributed by atoms with van der Waals surface area (Å²) < 4.78 is 5.30. The third-order valence-corrected chi connectivity index (χ3v) is 7.18. The summed E-state index contributed by atoms with van der Waals surface area (Å²) in [4.78, 5) is 51.7. The van der Waals surface area contributed by atoms with Gasteiger partial charge in [0.15, 0.2) is 0 Å². The average molecular weight is 552 g/mol. The second kappa shape index (κ2) is 16.9. The molecule has 1 aromatic carbocycles. The zero-order valence-electron chi connectivity index (χ0n) is 22.5. The van der Waals surface area contributed by atoms with Gasteiger partial charge in [-0.1, -0.05) is 75.6 Å². The Bertz CT molecular complexity index is 922. The van der Waals surface area contributed by atoms with Gasteiger partial charge >= 0.3 is 12.1 Å². The summed E-state index contributed by atoms with van der Waals surface area (Å²) in [6.45, 7) is 2.68. The van der Waals surface area contributed by atoms with E-state index in [9.17, 15) is 24.3 Å². The molecule has 0 aliphatic heterocycles. The molecular weight excluding hydrogens is 510 g/mol. The average Bonchev–Trinajstić information content (AvgIpc) is 2.89. The molecule has 10 heteroatoms. The molecule has 1 fully saturated rings. The molecule has 0 saturated heterocycles. The van der Waals surface area contributed by atoms with Crippen LogP contribution in [-0.2, 0) is 25.7 Å². The number of carbonyl (C=O) groups is 4. The Morgan fingerprint density at radius 3 is 2.50 bits per heavy atom. The first-order valence-corrected chi connectivity index (χ1v) is 14.0. The van der Waals surface area contributed by atoms with E-state index in [1.165, 1.54) is 0 Å². The van der Waals surface area contributed by atoms with E-state index in [1.54, 1.807) is 36.2 Å². The van der Waals surface area contributed by atoms with Gasteiger partial charge in [0.2, 0.25) is 11.8 Å². The van der Waals surface area contributed by atoms with Crippen LogP contribution in [0.3, 0.4) is 0 Å². The topological polar surface area (TPSA) is 125 Å². The maximum atomic E-state index is 13.2.